The van der Waals surface area contributed by atoms with E-state index in [1.54, 1.807) is 0 Å². The van der Waals surface area contributed by atoms with Crippen LogP contribution in [0.3, 0.4) is 0 Å². The molecular weight excluding hydrogens is 170 g/mol. The average Bonchev–Trinajstić information content (AvgIpc) is 2.08. The summed E-state index contributed by atoms with van der Waals surface area (Å²) >= 11 is 0. The van der Waals surface area contributed by atoms with E-state index in [0.29, 0.717) is 0 Å². The van der Waals surface area contributed by atoms with Crippen LogP contribution in [0, 0.1) is 0 Å². The molecule has 1 aliphatic heterocycles. The Bertz CT molecular complexity index is 146. The van der Waals surface area contributed by atoms with Crippen molar-refractivity contribution < 1.29 is 30.3 Å². The van der Waals surface area contributed by atoms with Crippen LogP contribution in [-0.4, -0.2) is 62.8 Å². The molecule has 1 heterocycles. The van der Waals surface area contributed by atoms with Crippen molar-refractivity contribution in [1.29, 1.82) is 0 Å². The fraction of sp³-hybridized carbons (Fsp3) is 1.00. The van der Waals surface area contributed by atoms with Crippen LogP contribution in [0.15, 0.2) is 0 Å². The van der Waals surface area contributed by atoms with Gasteiger partial charge in [0.2, 0.25) is 0 Å². The molecule has 1 rings (SSSR count). The molecule has 0 aromatic carbocycles. The van der Waals surface area contributed by atoms with Gasteiger partial charge in [-0.3, -0.25) is 0 Å². The molecule has 0 radical (unpaired) electrons. The lowest BCUT2D eigenvalue weighted by atomic mass is 10.1. The number of rotatable bonds is 1. The average molecular weight is 182 g/mol. The van der Waals surface area contributed by atoms with Crippen molar-refractivity contribution >= 4 is 0 Å². The summed E-state index contributed by atoms with van der Waals surface area (Å²) in [5.41, 5.74) is 0. The summed E-state index contributed by atoms with van der Waals surface area (Å²) < 4.78 is 4.58. The Kier molecular flexibility index (Phi) is 2.99. The van der Waals surface area contributed by atoms with Crippen LogP contribution < -0.4 is 0 Å². The highest BCUT2D eigenvalue weighted by molar-refractivity contribution is 4.87. The second-order valence-corrected chi connectivity index (χ2v) is 2.72. The molecule has 1 saturated heterocycles. The SMILES string of the molecule is OC[C@H]1O[13C@@H](O)[13C@H](O)[C@@H](O)[C@@H]1O. The topological polar surface area (TPSA) is 110 Å². The van der Waals surface area contributed by atoms with Crippen molar-refractivity contribution in [2.24, 2.45) is 0 Å². The van der Waals surface area contributed by atoms with E-state index in [1.165, 1.54) is 0 Å². The zero-order valence-electron chi connectivity index (χ0n) is 6.24. The number of hydrogen-bond acceptors (Lipinski definition) is 6. The summed E-state index contributed by atoms with van der Waals surface area (Å²) in [4.78, 5) is 0. The van der Waals surface area contributed by atoms with Gasteiger partial charge in [-0.25, -0.2) is 0 Å². The predicted octanol–water partition coefficient (Wildman–Crippen LogP) is -3.22. The van der Waals surface area contributed by atoms with E-state index < -0.39 is 37.3 Å². The first kappa shape index (κ1) is 9.85. The molecule has 0 aromatic heterocycles. The molecular formula is C6H12O6. The number of aliphatic hydroxyl groups excluding tert-OH is 5. The summed E-state index contributed by atoms with van der Waals surface area (Å²) in [7, 11) is 0. The van der Waals surface area contributed by atoms with Gasteiger partial charge in [0.05, 0.1) is 6.61 Å². The molecule has 12 heavy (non-hydrogen) atoms. The zero-order valence-corrected chi connectivity index (χ0v) is 6.24. The molecule has 0 amide bonds. The fourth-order valence-corrected chi connectivity index (χ4v) is 1.08. The lowest BCUT2D eigenvalue weighted by Crippen LogP contribution is -2.58. The second kappa shape index (κ2) is 3.65. The highest BCUT2D eigenvalue weighted by Gasteiger charge is 2.42. The van der Waals surface area contributed by atoms with E-state index in [1.807, 2.05) is 0 Å². The maximum absolute atomic E-state index is 9.12. The van der Waals surface area contributed by atoms with Gasteiger partial charge in [0.25, 0.3) is 0 Å². The Labute approximate surface area is 68.6 Å². The molecule has 1 fully saturated rings. The van der Waals surface area contributed by atoms with E-state index in [9.17, 15) is 0 Å². The van der Waals surface area contributed by atoms with Crippen LogP contribution in [0.2, 0.25) is 0 Å². The maximum Gasteiger partial charge on any atom is 0.184 e. The van der Waals surface area contributed by atoms with Gasteiger partial charge in [0.15, 0.2) is 6.29 Å². The van der Waals surface area contributed by atoms with E-state index in [0.717, 1.165) is 0 Å². The summed E-state index contributed by atoms with van der Waals surface area (Å²) in [6, 6.07) is 0. The molecule has 0 aromatic rings. The maximum atomic E-state index is 9.12. The van der Waals surface area contributed by atoms with Gasteiger partial charge in [0, 0.05) is 0 Å². The van der Waals surface area contributed by atoms with Crippen molar-refractivity contribution in [2.75, 3.05) is 6.61 Å². The van der Waals surface area contributed by atoms with Crippen LogP contribution in [0.25, 0.3) is 0 Å². The van der Waals surface area contributed by atoms with E-state index in [4.69, 9.17) is 25.5 Å². The lowest BCUT2D eigenvalue weighted by molar-refractivity contribution is -0.286. The van der Waals surface area contributed by atoms with Gasteiger partial charge >= 0.3 is 0 Å². The second-order valence-electron chi connectivity index (χ2n) is 2.72. The van der Waals surface area contributed by atoms with Crippen molar-refractivity contribution in [3.05, 3.63) is 0 Å². The Morgan fingerprint density at radius 3 is 2.00 bits per heavy atom. The first-order valence-corrected chi connectivity index (χ1v) is 3.56. The zero-order chi connectivity index (χ0) is 9.30. The third-order valence-corrected chi connectivity index (χ3v) is 1.87. The van der Waals surface area contributed by atoms with Crippen molar-refractivity contribution in [3.8, 4) is 0 Å². The summed E-state index contributed by atoms with van der Waals surface area (Å²) in [5, 5.41) is 44.7. The van der Waals surface area contributed by atoms with Crippen LogP contribution in [0.1, 0.15) is 0 Å². The minimum atomic E-state index is -1.57. The first-order valence-electron chi connectivity index (χ1n) is 3.56. The van der Waals surface area contributed by atoms with Crippen LogP contribution >= 0.6 is 0 Å². The minimum absolute atomic E-state index is 0.526. The van der Waals surface area contributed by atoms with Gasteiger partial charge in [0.1, 0.15) is 24.4 Å². The summed E-state index contributed by atoms with van der Waals surface area (Å²) in [6.45, 7) is -0.526. The fourth-order valence-electron chi connectivity index (χ4n) is 1.08. The van der Waals surface area contributed by atoms with E-state index >= 15 is 0 Å². The highest BCUT2D eigenvalue weighted by Crippen LogP contribution is 2.18. The highest BCUT2D eigenvalue weighted by atomic mass is 16.8. The monoisotopic (exact) mass is 182 g/mol. The molecule has 72 valence electrons. The Morgan fingerprint density at radius 2 is 1.50 bits per heavy atom. The molecule has 5 atom stereocenters. The standard InChI is InChI=1S/C6H12O6/c7-1-2-3(8)4(9)5(10)6(11)12-2/h2-11H,1H2/t2-,3-,4+,5-,6-/m1/s1/i5+1,6+1. The van der Waals surface area contributed by atoms with E-state index in [-0.39, 0.29) is 0 Å². The molecule has 6 heteroatoms. The normalized spacial score (nSPS) is 49.2. The quantitative estimate of drug-likeness (QED) is 0.273. The number of ether oxygens (including phenoxy) is 1. The summed E-state index contributed by atoms with van der Waals surface area (Å²) in [5.74, 6) is 0. The summed E-state index contributed by atoms with van der Waals surface area (Å²) in [6.07, 6.45) is -7.04. The van der Waals surface area contributed by atoms with Crippen LogP contribution in [-0.2, 0) is 4.74 Å². The smallest absolute Gasteiger partial charge is 0.184 e. The van der Waals surface area contributed by atoms with Gasteiger partial charge in [-0.05, 0) is 0 Å². The van der Waals surface area contributed by atoms with E-state index in [2.05, 4.69) is 4.74 Å². The van der Waals surface area contributed by atoms with Crippen molar-refractivity contribution in [3.63, 3.8) is 0 Å². The Morgan fingerprint density at radius 1 is 0.917 bits per heavy atom. The first-order chi connectivity index (χ1) is 5.57. The van der Waals surface area contributed by atoms with Gasteiger partial charge in [-0.2, -0.15) is 0 Å². The van der Waals surface area contributed by atoms with Gasteiger partial charge in [-0.15, -0.1) is 0 Å². The van der Waals surface area contributed by atoms with Gasteiger partial charge < -0.3 is 30.3 Å². The van der Waals surface area contributed by atoms with Crippen LogP contribution in [0.5, 0.6) is 0 Å². The van der Waals surface area contributed by atoms with Crippen molar-refractivity contribution in [2.45, 2.75) is 30.7 Å². The molecule has 0 aliphatic carbocycles. The molecule has 1 aliphatic rings. The molecule has 5 N–H and O–H groups in total. The molecule has 0 spiro atoms. The number of aliphatic hydroxyl groups is 5. The van der Waals surface area contributed by atoms with Crippen molar-refractivity contribution in [1.82, 2.24) is 0 Å². The number of hydrogen-bond donors (Lipinski definition) is 5. The molecule has 6 nitrogen and oxygen atoms in total. The Balaban J connectivity index is 2.63. The molecule has 0 bridgehead atoms. The molecule has 0 unspecified atom stereocenters. The Hall–Kier alpha value is -0.240. The third-order valence-electron chi connectivity index (χ3n) is 1.87. The third kappa shape index (κ3) is 1.58. The predicted molar refractivity (Wildman–Crippen MR) is 36.0 cm³/mol. The van der Waals surface area contributed by atoms with Crippen LogP contribution in [0.4, 0.5) is 0 Å². The molecule has 0 saturated carbocycles. The lowest BCUT2D eigenvalue weighted by Gasteiger charge is -2.37. The van der Waals surface area contributed by atoms with Gasteiger partial charge in [-0.1, -0.05) is 0 Å². The minimum Gasteiger partial charge on any atom is -0.394 e. The largest absolute Gasteiger partial charge is 0.394 e.